The fourth-order valence-electron chi connectivity index (χ4n) is 2.67. The minimum Gasteiger partial charge on any atom is -0.464 e. The second kappa shape index (κ2) is 7.00. The Hall–Kier alpha value is -3.08. The molecular formula is C19H19N3O2. The van der Waals surface area contributed by atoms with Crippen molar-refractivity contribution in [1.82, 2.24) is 9.99 Å². The van der Waals surface area contributed by atoms with E-state index in [2.05, 4.69) is 10.1 Å². The molecule has 3 aromatic rings. The predicted octanol–water partition coefficient (Wildman–Crippen LogP) is 4.46. The summed E-state index contributed by atoms with van der Waals surface area (Å²) in [6.07, 6.45) is 1.46. The van der Waals surface area contributed by atoms with Crippen molar-refractivity contribution in [1.29, 1.82) is 0 Å². The first kappa shape index (κ1) is 15.8. The largest absolute Gasteiger partial charge is 0.464 e. The molecule has 0 aliphatic heterocycles. The van der Waals surface area contributed by atoms with Crippen LogP contribution in [0.5, 0.6) is 0 Å². The molecule has 0 spiro atoms. The third-order valence-corrected chi connectivity index (χ3v) is 3.87. The number of amides is 1. The van der Waals surface area contributed by atoms with E-state index in [1.54, 1.807) is 0 Å². The summed E-state index contributed by atoms with van der Waals surface area (Å²) in [5.41, 5.74) is 3.59. The SMILES string of the molecule is CC/C(=N\N(Cc1ccccc1)C(=O)O)c1c[nH]c2ccccc12. The zero-order valence-electron chi connectivity index (χ0n) is 13.4. The summed E-state index contributed by atoms with van der Waals surface area (Å²) in [6, 6.07) is 17.4. The van der Waals surface area contributed by atoms with Crippen LogP contribution in [0.3, 0.4) is 0 Å². The first-order valence-corrected chi connectivity index (χ1v) is 7.87. The minimum atomic E-state index is -1.07. The van der Waals surface area contributed by atoms with Crippen LogP contribution in [0, 0.1) is 0 Å². The fourth-order valence-corrected chi connectivity index (χ4v) is 2.67. The Balaban J connectivity index is 1.96. The van der Waals surface area contributed by atoms with Gasteiger partial charge in [0, 0.05) is 22.7 Å². The highest BCUT2D eigenvalue weighted by molar-refractivity contribution is 6.10. The number of hydrogen-bond donors (Lipinski definition) is 2. The normalized spacial score (nSPS) is 11.6. The molecule has 1 amide bonds. The van der Waals surface area contributed by atoms with Crippen molar-refractivity contribution in [3.8, 4) is 0 Å². The van der Waals surface area contributed by atoms with Gasteiger partial charge in [0.1, 0.15) is 0 Å². The number of hydrogen-bond acceptors (Lipinski definition) is 2. The molecule has 1 aromatic heterocycles. The lowest BCUT2D eigenvalue weighted by molar-refractivity contribution is 0.144. The van der Waals surface area contributed by atoms with Crippen LogP contribution < -0.4 is 0 Å². The summed E-state index contributed by atoms with van der Waals surface area (Å²) in [6.45, 7) is 2.20. The Morgan fingerprint density at radius 2 is 1.83 bits per heavy atom. The van der Waals surface area contributed by atoms with Crippen LogP contribution >= 0.6 is 0 Å². The molecule has 0 saturated carbocycles. The van der Waals surface area contributed by atoms with E-state index in [0.29, 0.717) is 6.42 Å². The van der Waals surface area contributed by atoms with Crippen molar-refractivity contribution in [2.45, 2.75) is 19.9 Å². The van der Waals surface area contributed by atoms with Gasteiger partial charge in [0.15, 0.2) is 0 Å². The van der Waals surface area contributed by atoms with Crippen LogP contribution in [0.4, 0.5) is 4.79 Å². The number of aromatic amines is 1. The number of nitrogens with one attached hydrogen (secondary N) is 1. The second-order valence-electron chi connectivity index (χ2n) is 5.47. The van der Waals surface area contributed by atoms with E-state index in [9.17, 15) is 9.90 Å². The molecule has 5 nitrogen and oxygen atoms in total. The van der Waals surface area contributed by atoms with Gasteiger partial charge in [-0.25, -0.2) is 4.79 Å². The minimum absolute atomic E-state index is 0.224. The number of carbonyl (C=O) groups is 1. The average molecular weight is 321 g/mol. The predicted molar refractivity (Wildman–Crippen MR) is 95.1 cm³/mol. The monoisotopic (exact) mass is 321 g/mol. The highest BCUT2D eigenvalue weighted by Gasteiger charge is 2.15. The molecule has 0 fully saturated rings. The Morgan fingerprint density at radius 1 is 1.12 bits per heavy atom. The first-order chi connectivity index (χ1) is 11.7. The maximum atomic E-state index is 11.6. The van der Waals surface area contributed by atoms with Crippen LogP contribution in [0.15, 0.2) is 65.9 Å². The molecule has 2 aromatic carbocycles. The Kier molecular flexibility index (Phi) is 4.61. The quantitative estimate of drug-likeness (QED) is 0.538. The highest BCUT2D eigenvalue weighted by atomic mass is 16.4. The lowest BCUT2D eigenvalue weighted by Crippen LogP contribution is -2.25. The number of hydrazone groups is 1. The summed E-state index contributed by atoms with van der Waals surface area (Å²) in [5.74, 6) is 0. The van der Waals surface area contributed by atoms with Crippen LogP contribution in [0.2, 0.25) is 0 Å². The zero-order chi connectivity index (χ0) is 16.9. The van der Waals surface area contributed by atoms with Crippen molar-refractivity contribution in [2.75, 3.05) is 0 Å². The highest BCUT2D eigenvalue weighted by Crippen LogP contribution is 2.20. The topological polar surface area (TPSA) is 68.7 Å². The smallest absolute Gasteiger partial charge is 0.428 e. The standard InChI is InChI=1S/C19H19N3O2/c1-2-17(16-12-20-18-11-7-6-10-15(16)18)21-22(19(23)24)13-14-8-4-3-5-9-14/h3-12,20H,2,13H2,1H3,(H,23,24)/b21-17+. The number of fused-ring (bicyclic) bond motifs is 1. The van der Waals surface area contributed by atoms with Crippen LogP contribution in [-0.4, -0.2) is 26.9 Å². The fraction of sp³-hybridized carbons (Fsp3) is 0.158. The number of aromatic nitrogens is 1. The van der Waals surface area contributed by atoms with Crippen LogP contribution in [0.1, 0.15) is 24.5 Å². The first-order valence-electron chi connectivity index (χ1n) is 7.87. The maximum absolute atomic E-state index is 11.6. The molecule has 0 bridgehead atoms. The molecule has 0 aliphatic rings. The molecule has 5 heteroatoms. The van der Waals surface area contributed by atoms with Gasteiger partial charge in [-0.1, -0.05) is 55.5 Å². The van der Waals surface area contributed by atoms with Gasteiger partial charge in [-0.3, -0.25) is 0 Å². The number of rotatable bonds is 5. The Morgan fingerprint density at radius 3 is 2.54 bits per heavy atom. The molecule has 0 atom stereocenters. The van der Waals surface area contributed by atoms with Crippen molar-refractivity contribution in [3.63, 3.8) is 0 Å². The summed E-state index contributed by atoms with van der Waals surface area (Å²) >= 11 is 0. The van der Waals surface area contributed by atoms with Gasteiger partial charge in [-0.15, -0.1) is 0 Å². The second-order valence-corrected chi connectivity index (χ2v) is 5.47. The number of benzene rings is 2. The average Bonchev–Trinajstić information content (AvgIpc) is 3.03. The maximum Gasteiger partial charge on any atom is 0.428 e. The Bertz CT molecular complexity index is 868. The number of H-pyrrole nitrogens is 1. The van der Waals surface area contributed by atoms with Gasteiger partial charge >= 0.3 is 6.09 Å². The molecule has 0 aliphatic carbocycles. The molecule has 0 saturated heterocycles. The van der Waals surface area contributed by atoms with Crippen LogP contribution in [-0.2, 0) is 6.54 Å². The molecule has 24 heavy (non-hydrogen) atoms. The molecule has 3 rings (SSSR count). The number of para-hydroxylation sites is 1. The molecule has 1 heterocycles. The third kappa shape index (κ3) is 3.30. The lowest BCUT2D eigenvalue weighted by Gasteiger charge is -2.15. The lowest BCUT2D eigenvalue weighted by atomic mass is 10.1. The van der Waals surface area contributed by atoms with E-state index >= 15 is 0 Å². The van der Waals surface area contributed by atoms with E-state index in [0.717, 1.165) is 32.8 Å². The summed E-state index contributed by atoms with van der Waals surface area (Å²) < 4.78 is 0. The van der Waals surface area contributed by atoms with Gasteiger partial charge in [0.2, 0.25) is 0 Å². The molecule has 2 N–H and O–H groups in total. The molecular weight excluding hydrogens is 302 g/mol. The van der Waals surface area contributed by atoms with Crippen molar-refractivity contribution < 1.29 is 9.90 Å². The number of carboxylic acid groups (broad SMARTS) is 1. The van der Waals surface area contributed by atoms with Gasteiger partial charge in [-0.05, 0) is 18.1 Å². The number of nitrogens with zero attached hydrogens (tertiary/aromatic N) is 2. The summed E-state index contributed by atoms with van der Waals surface area (Å²) in [4.78, 5) is 14.8. The van der Waals surface area contributed by atoms with Gasteiger partial charge in [0.25, 0.3) is 0 Å². The van der Waals surface area contributed by atoms with E-state index in [4.69, 9.17) is 0 Å². The summed E-state index contributed by atoms with van der Waals surface area (Å²) in [5, 5.41) is 16.1. The van der Waals surface area contributed by atoms with Gasteiger partial charge < -0.3 is 10.1 Å². The zero-order valence-corrected chi connectivity index (χ0v) is 13.4. The van der Waals surface area contributed by atoms with Crippen molar-refractivity contribution >= 4 is 22.7 Å². The van der Waals surface area contributed by atoms with Crippen LogP contribution in [0.25, 0.3) is 10.9 Å². The molecule has 0 unspecified atom stereocenters. The Labute approximate surface area is 140 Å². The van der Waals surface area contributed by atoms with Crippen molar-refractivity contribution in [2.24, 2.45) is 5.10 Å². The van der Waals surface area contributed by atoms with Gasteiger partial charge in [0.05, 0.1) is 12.3 Å². The molecule has 0 radical (unpaired) electrons. The third-order valence-electron chi connectivity index (χ3n) is 3.87. The van der Waals surface area contributed by atoms with Crippen molar-refractivity contribution in [3.05, 3.63) is 71.9 Å². The van der Waals surface area contributed by atoms with E-state index < -0.39 is 6.09 Å². The summed E-state index contributed by atoms with van der Waals surface area (Å²) in [7, 11) is 0. The van der Waals surface area contributed by atoms with E-state index in [1.807, 2.05) is 67.7 Å². The van der Waals surface area contributed by atoms with E-state index in [1.165, 1.54) is 0 Å². The van der Waals surface area contributed by atoms with Gasteiger partial charge in [-0.2, -0.15) is 10.1 Å². The molecule has 122 valence electrons. The van der Waals surface area contributed by atoms with E-state index in [-0.39, 0.29) is 6.54 Å².